The summed E-state index contributed by atoms with van der Waals surface area (Å²) in [6.45, 7) is 0. The first kappa shape index (κ1) is 16.4. The number of fused-ring (bicyclic) bond motifs is 3. The highest BCUT2D eigenvalue weighted by Crippen LogP contribution is 2.41. The molecular formula is C19H12F3NO3. The Morgan fingerprint density at radius 1 is 1.00 bits per heavy atom. The summed E-state index contributed by atoms with van der Waals surface area (Å²) in [4.78, 5) is 10.9. The van der Waals surface area contributed by atoms with Crippen molar-refractivity contribution in [2.24, 2.45) is 0 Å². The second kappa shape index (κ2) is 6.01. The number of hydrogen-bond donors (Lipinski definition) is 0. The normalized spacial score (nSPS) is 19.0. The molecule has 4 rings (SSSR count). The van der Waals surface area contributed by atoms with Crippen LogP contribution in [-0.4, -0.2) is 11.0 Å². The highest BCUT2D eigenvalue weighted by Gasteiger charge is 2.42. The molecule has 1 heterocycles. The van der Waals surface area contributed by atoms with Gasteiger partial charge in [-0.2, -0.15) is 0 Å². The van der Waals surface area contributed by atoms with Crippen LogP contribution in [0.2, 0.25) is 0 Å². The van der Waals surface area contributed by atoms with Crippen LogP contribution in [-0.2, 0) is 6.42 Å². The third kappa shape index (κ3) is 2.56. The third-order valence-electron chi connectivity index (χ3n) is 4.60. The maximum absolute atomic E-state index is 14.2. The zero-order valence-electron chi connectivity index (χ0n) is 13.3. The number of rotatable bonds is 2. The van der Waals surface area contributed by atoms with E-state index in [0.29, 0.717) is 23.4 Å². The van der Waals surface area contributed by atoms with Gasteiger partial charge in [0.15, 0.2) is 17.7 Å². The first-order valence-corrected chi connectivity index (χ1v) is 7.91. The first-order valence-electron chi connectivity index (χ1n) is 7.91. The molecule has 0 amide bonds. The average molecular weight is 359 g/mol. The summed E-state index contributed by atoms with van der Waals surface area (Å²) in [7, 11) is 0. The van der Waals surface area contributed by atoms with E-state index in [1.54, 1.807) is 18.2 Å². The third-order valence-corrected chi connectivity index (χ3v) is 4.60. The van der Waals surface area contributed by atoms with Gasteiger partial charge < -0.3 is 4.74 Å². The smallest absolute Gasteiger partial charge is 0.257 e. The zero-order valence-corrected chi connectivity index (χ0v) is 13.3. The first-order chi connectivity index (χ1) is 12.5. The molecular weight excluding hydrogens is 347 g/mol. The summed E-state index contributed by atoms with van der Waals surface area (Å²) in [5.41, 5.74) is 0.244. The van der Waals surface area contributed by atoms with Crippen molar-refractivity contribution in [3.8, 4) is 5.75 Å². The molecule has 2 atom stereocenters. The van der Waals surface area contributed by atoms with Crippen molar-refractivity contribution in [1.29, 1.82) is 0 Å². The molecule has 0 spiro atoms. The topological polar surface area (TPSA) is 52.4 Å². The lowest BCUT2D eigenvalue weighted by Gasteiger charge is -2.30. The van der Waals surface area contributed by atoms with Crippen LogP contribution in [0.1, 0.15) is 17.2 Å². The fraction of sp³-hybridized carbons (Fsp3) is 0.158. The molecule has 0 aromatic heterocycles. The fourth-order valence-electron chi connectivity index (χ4n) is 3.34. The predicted octanol–water partition coefficient (Wildman–Crippen LogP) is 4.58. The Morgan fingerprint density at radius 3 is 2.50 bits per heavy atom. The lowest BCUT2D eigenvalue weighted by Crippen LogP contribution is -2.37. The van der Waals surface area contributed by atoms with Gasteiger partial charge in [0.2, 0.25) is 0 Å². The monoisotopic (exact) mass is 359 g/mol. The van der Waals surface area contributed by atoms with Crippen molar-refractivity contribution in [2.75, 3.05) is 0 Å². The lowest BCUT2D eigenvalue weighted by molar-refractivity contribution is -0.535. The molecule has 0 N–H and O–H groups in total. The van der Waals surface area contributed by atoms with Gasteiger partial charge in [0, 0.05) is 33.9 Å². The van der Waals surface area contributed by atoms with E-state index >= 15 is 0 Å². The Labute approximate surface area is 146 Å². The molecule has 1 aliphatic heterocycles. The van der Waals surface area contributed by atoms with Crippen LogP contribution in [0.25, 0.3) is 10.8 Å². The standard InChI is InChI=1S/C19H12F3NO3/c20-14-9-16(22)15(21)8-13(14)19-17(23(24)25)7-11-6-5-10-3-1-2-4-12(10)18(11)26-19/h1-6,8-9,17,19H,7H2. The average Bonchev–Trinajstić information content (AvgIpc) is 2.63. The Hall–Kier alpha value is -3.09. The summed E-state index contributed by atoms with van der Waals surface area (Å²) in [5, 5.41) is 13.1. The molecule has 0 bridgehead atoms. The molecule has 0 radical (unpaired) electrons. The molecule has 0 aliphatic carbocycles. The van der Waals surface area contributed by atoms with Crippen LogP contribution in [0.3, 0.4) is 0 Å². The Bertz CT molecular complexity index is 1040. The molecule has 4 nitrogen and oxygen atoms in total. The maximum Gasteiger partial charge on any atom is 0.257 e. The highest BCUT2D eigenvalue weighted by molar-refractivity contribution is 5.89. The van der Waals surface area contributed by atoms with Crippen LogP contribution < -0.4 is 4.74 Å². The summed E-state index contributed by atoms with van der Waals surface area (Å²) >= 11 is 0. The number of benzene rings is 3. The van der Waals surface area contributed by atoms with Gasteiger partial charge >= 0.3 is 0 Å². The van der Waals surface area contributed by atoms with Crippen LogP contribution in [0.5, 0.6) is 5.75 Å². The molecule has 7 heteroatoms. The minimum atomic E-state index is -1.36. The van der Waals surface area contributed by atoms with Crippen LogP contribution in [0, 0.1) is 27.6 Å². The molecule has 0 fully saturated rings. The fourth-order valence-corrected chi connectivity index (χ4v) is 3.34. The van der Waals surface area contributed by atoms with Gasteiger partial charge in [0.1, 0.15) is 11.6 Å². The summed E-state index contributed by atoms with van der Waals surface area (Å²) in [5.74, 6) is -3.32. The van der Waals surface area contributed by atoms with Crippen molar-refractivity contribution in [3.05, 3.63) is 87.2 Å². The van der Waals surface area contributed by atoms with Crippen LogP contribution in [0.15, 0.2) is 48.5 Å². The number of halogens is 3. The molecule has 0 saturated heterocycles. The number of nitro groups is 1. The quantitative estimate of drug-likeness (QED) is 0.382. The van der Waals surface area contributed by atoms with Crippen LogP contribution >= 0.6 is 0 Å². The van der Waals surface area contributed by atoms with Gasteiger partial charge in [-0.3, -0.25) is 10.1 Å². The number of ether oxygens (including phenoxy) is 1. The van der Waals surface area contributed by atoms with E-state index < -0.39 is 34.5 Å². The largest absolute Gasteiger partial charge is 0.477 e. The van der Waals surface area contributed by atoms with E-state index in [1.807, 2.05) is 18.2 Å². The molecule has 26 heavy (non-hydrogen) atoms. The zero-order chi connectivity index (χ0) is 18.4. The molecule has 1 aliphatic rings. The van der Waals surface area contributed by atoms with Crippen LogP contribution in [0.4, 0.5) is 13.2 Å². The second-order valence-electron chi connectivity index (χ2n) is 6.16. The van der Waals surface area contributed by atoms with Crippen molar-refractivity contribution in [2.45, 2.75) is 18.6 Å². The molecule has 3 aromatic rings. The van der Waals surface area contributed by atoms with Gasteiger partial charge in [-0.25, -0.2) is 13.2 Å². The van der Waals surface area contributed by atoms with Crippen molar-refractivity contribution in [1.82, 2.24) is 0 Å². The lowest BCUT2D eigenvalue weighted by atomic mass is 9.91. The van der Waals surface area contributed by atoms with Gasteiger partial charge in [-0.15, -0.1) is 0 Å². The summed E-state index contributed by atoms with van der Waals surface area (Å²) in [6.07, 6.45) is -1.37. The molecule has 3 aromatic carbocycles. The van der Waals surface area contributed by atoms with E-state index in [0.717, 1.165) is 10.8 Å². The van der Waals surface area contributed by atoms with E-state index in [9.17, 15) is 23.3 Å². The van der Waals surface area contributed by atoms with Crippen molar-refractivity contribution >= 4 is 10.8 Å². The minimum Gasteiger partial charge on any atom is -0.477 e. The van der Waals surface area contributed by atoms with E-state index in [1.165, 1.54) is 0 Å². The maximum atomic E-state index is 14.2. The van der Waals surface area contributed by atoms with Gasteiger partial charge in [0.25, 0.3) is 6.04 Å². The predicted molar refractivity (Wildman–Crippen MR) is 88.1 cm³/mol. The Kier molecular flexibility index (Phi) is 3.79. The van der Waals surface area contributed by atoms with E-state index in [-0.39, 0.29) is 12.0 Å². The van der Waals surface area contributed by atoms with Crippen molar-refractivity contribution < 1.29 is 22.8 Å². The minimum absolute atomic E-state index is 0.00370. The number of nitrogens with zero attached hydrogens (tertiary/aromatic N) is 1. The second-order valence-corrected chi connectivity index (χ2v) is 6.16. The van der Waals surface area contributed by atoms with E-state index in [2.05, 4.69) is 0 Å². The summed E-state index contributed by atoms with van der Waals surface area (Å²) < 4.78 is 46.9. The molecule has 0 saturated carbocycles. The SMILES string of the molecule is O=[N+]([O-])C1Cc2ccc3ccccc3c2OC1c1cc(F)c(F)cc1F. The van der Waals surface area contributed by atoms with E-state index in [4.69, 9.17) is 4.74 Å². The van der Waals surface area contributed by atoms with Gasteiger partial charge in [0.05, 0.1) is 0 Å². The van der Waals surface area contributed by atoms with Crippen molar-refractivity contribution in [3.63, 3.8) is 0 Å². The molecule has 132 valence electrons. The molecule has 2 unspecified atom stereocenters. The Morgan fingerprint density at radius 2 is 1.73 bits per heavy atom. The Balaban J connectivity index is 1.89. The van der Waals surface area contributed by atoms with Gasteiger partial charge in [-0.1, -0.05) is 36.4 Å². The van der Waals surface area contributed by atoms with Gasteiger partial charge in [-0.05, 0) is 11.5 Å². The highest BCUT2D eigenvalue weighted by atomic mass is 19.2. The summed E-state index contributed by atoms with van der Waals surface area (Å²) in [6, 6.07) is 10.5. The number of hydrogen-bond acceptors (Lipinski definition) is 3.